The van der Waals surface area contributed by atoms with Gasteiger partial charge in [-0.15, -0.1) is 0 Å². The van der Waals surface area contributed by atoms with Gasteiger partial charge in [0.25, 0.3) is 0 Å². The summed E-state index contributed by atoms with van der Waals surface area (Å²) in [5.41, 5.74) is 1.27. The molecule has 1 fully saturated rings. The SMILES string of the molecule is C[C]Cc1ccc(OCC2CO2)cc1. The molecular formula is C12H14O2. The minimum Gasteiger partial charge on any atom is -0.491 e. The van der Waals surface area contributed by atoms with E-state index in [4.69, 9.17) is 9.47 Å². The lowest BCUT2D eigenvalue weighted by molar-refractivity contribution is 0.263. The molecule has 0 saturated carbocycles. The third kappa shape index (κ3) is 2.74. The van der Waals surface area contributed by atoms with Crippen LogP contribution < -0.4 is 4.74 Å². The summed E-state index contributed by atoms with van der Waals surface area (Å²) in [7, 11) is 0. The average molecular weight is 190 g/mol. The number of ether oxygens (including phenoxy) is 2. The highest BCUT2D eigenvalue weighted by Crippen LogP contribution is 2.16. The largest absolute Gasteiger partial charge is 0.491 e. The lowest BCUT2D eigenvalue weighted by Crippen LogP contribution is -2.03. The van der Waals surface area contributed by atoms with Crippen molar-refractivity contribution < 1.29 is 9.47 Å². The maximum atomic E-state index is 5.52. The molecule has 0 spiro atoms. The lowest BCUT2D eigenvalue weighted by Gasteiger charge is -2.04. The van der Waals surface area contributed by atoms with Gasteiger partial charge in [-0.1, -0.05) is 19.1 Å². The van der Waals surface area contributed by atoms with Gasteiger partial charge in [-0.2, -0.15) is 0 Å². The Kier molecular flexibility index (Phi) is 3.04. The van der Waals surface area contributed by atoms with Crippen LogP contribution in [0.2, 0.25) is 0 Å². The second kappa shape index (κ2) is 4.47. The predicted octanol–water partition coefficient (Wildman–Crippen LogP) is 2.11. The molecule has 14 heavy (non-hydrogen) atoms. The van der Waals surface area contributed by atoms with Crippen LogP contribution in [0.15, 0.2) is 24.3 Å². The van der Waals surface area contributed by atoms with Crippen LogP contribution >= 0.6 is 0 Å². The monoisotopic (exact) mass is 190 g/mol. The zero-order chi connectivity index (χ0) is 9.80. The molecule has 0 bridgehead atoms. The summed E-state index contributed by atoms with van der Waals surface area (Å²) in [6.45, 7) is 3.46. The molecule has 0 aliphatic carbocycles. The number of epoxide rings is 1. The first kappa shape index (κ1) is 9.53. The van der Waals surface area contributed by atoms with Crippen molar-refractivity contribution in [3.05, 3.63) is 36.2 Å². The summed E-state index contributed by atoms with van der Waals surface area (Å²) in [6.07, 6.45) is 4.32. The number of hydrogen-bond donors (Lipinski definition) is 0. The zero-order valence-electron chi connectivity index (χ0n) is 8.32. The molecule has 0 N–H and O–H groups in total. The van der Waals surface area contributed by atoms with Crippen LogP contribution in [-0.2, 0) is 11.2 Å². The van der Waals surface area contributed by atoms with Crippen LogP contribution in [0.5, 0.6) is 5.75 Å². The molecule has 1 aliphatic heterocycles. The van der Waals surface area contributed by atoms with Gasteiger partial charge in [-0.05, 0) is 30.5 Å². The third-order valence-corrected chi connectivity index (χ3v) is 2.14. The maximum Gasteiger partial charge on any atom is 0.119 e. The van der Waals surface area contributed by atoms with E-state index in [0.29, 0.717) is 12.7 Å². The van der Waals surface area contributed by atoms with E-state index in [0.717, 1.165) is 18.8 Å². The standard InChI is InChI=1S/C12H14O2/c1-2-3-10-4-6-11(7-5-10)13-8-12-9-14-12/h4-7,12H,3,8-9H2,1H3. The summed E-state index contributed by atoms with van der Waals surface area (Å²) in [4.78, 5) is 0. The van der Waals surface area contributed by atoms with Gasteiger partial charge < -0.3 is 9.47 Å². The molecule has 1 atom stereocenters. The van der Waals surface area contributed by atoms with E-state index < -0.39 is 0 Å². The Balaban J connectivity index is 1.84. The van der Waals surface area contributed by atoms with Crippen molar-refractivity contribution in [1.29, 1.82) is 0 Å². The van der Waals surface area contributed by atoms with Crippen molar-refractivity contribution >= 4 is 0 Å². The number of hydrogen-bond acceptors (Lipinski definition) is 2. The second-order valence-electron chi connectivity index (χ2n) is 3.44. The molecule has 1 unspecified atom stereocenters. The van der Waals surface area contributed by atoms with Crippen molar-refractivity contribution in [1.82, 2.24) is 0 Å². The molecule has 74 valence electrons. The van der Waals surface area contributed by atoms with Gasteiger partial charge in [0, 0.05) is 0 Å². The Labute approximate surface area is 84.8 Å². The molecule has 1 aliphatic rings. The fourth-order valence-corrected chi connectivity index (χ4v) is 1.26. The highest BCUT2D eigenvalue weighted by atomic mass is 16.6. The Morgan fingerprint density at radius 2 is 2.14 bits per heavy atom. The van der Waals surface area contributed by atoms with E-state index in [-0.39, 0.29) is 0 Å². The fourth-order valence-electron chi connectivity index (χ4n) is 1.26. The smallest absolute Gasteiger partial charge is 0.119 e. The van der Waals surface area contributed by atoms with Gasteiger partial charge in [0.1, 0.15) is 18.5 Å². The summed E-state index contributed by atoms with van der Waals surface area (Å²) in [5, 5.41) is 0. The Morgan fingerprint density at radius 3 is 2.71 bits per heavy atom. The van der Waals surface area contributed by atoms with Gasteiger partial charge in [0.15, 0.2) is 0 Å². The van der Waals surface area contributed by atoms with Gasteiger partial charge in [0.2, 0.25) is 0 Å². The summed E-state index contributed by atoms with van der Waals surface area (Å²) >= 11 is 0. The normalized spacial score (nSPS) is 19.4. The van der Waals surface area contributed by atoms with E-state index >= 15 is 0 Å². The van der Waals surface area contributed by atoms with Gasteiger partial charge in [-0.3, -0.25) is 0 Å². The topological polar surface area (TPSA) is 21.8 Å². The summed E-state index contributed by atoms with van der Waals surface area (Å²) < 4.78 is 10.6. The van der Waals surface area contributed by atoms with E-state index in [1.165, 1.54) is 5.56 Å². The Morgan fingerprint density at radius 1 is 1.43 bits per heavy atom. The van der Waals surface area contributed by atoms with E-state index in [2.05, 4.69) is 18.6 Å². The molecule has 2 radical (unpaired) electrons. The Hall–Kier alpha value is -1.02. The Bertz CT molecular complexity index is 275. The highest BCUT2D eigenvalue weighted by molar-refractivity contribution is 5.27. The van der Waals surface area contributed by atoms with E-state index in [9.17, 15) is 0 Å². The first-order valence-corrected chi connectivity index (χ1v) is 4.86. The van der Waals surface area contributed by atoms with Gasteiger partial charge in [-0.25, -0.2) is 0 Å². The fraction of sp³-hybridized carbons (Fsp3) is 0.417. The summed E-state index contributed by atoms with van der Waals surface area (Å²) in [5.74, 6) is 0.917. The molecular weight excluding hydrogens is 176 g/mol. The van der Waals surface area contributed by atoms with Crippen LogP contribution in [0.3, 0.4) is 0 Å². The minimum atomic E-state index is 0.326. The molecule has 1 aromatic carbocycles. The van der Waals surface area contributed by atoms with Crippen molar-refractivity contribution in [3.8, 4) is 5.75 Å². The number of rotatable bonds is 5. The van der Waals surface area contributed by atoms with Crippen LogP contribution in [0.1, 0.15) is 12.5 Å². The quantitative estimate of drug-likeness (QED) is 0.663. The maximum absolute atomic E-state index is 5.52. The van der Waals surface area contributed by atoms with Crippen molar-refractivity contribution in [3.63, 3.8) is 0 Å². The van der Waals surface area contributed by atoms with Crippen LogP contribution in [0.4, 0.5) is 0 Å². The predicted molar refractivity (Wildman–Crippen MR) is 54.3 cm³/mol. The van der Waals surface area contributed by atoms with E-state index in [1.807, 2.05) is 19.1 Å². The lowest BCUT2D eigenvalue weighted by atomic mass is 10.1. The first-order valence-electron chi connectivity index (χ1n) is 4.86. The molecule has 2 nitrogen and oxygen atoms in total. The van der Waals surface area contributed by atoms with Crippen molar-refractivity contribution in [2.75, 3.05) is 13.2 Å². The molecule has 0 aromatic heterocycles. The van der Waals surface area contributed by atoms with Gasteiger partial charge >= 0.3 is 0 Å². The first-order chi connectivity index (χ1) is 6.88. The molecule has 1 saturated heterocycles. The third-order valence-electron chi connectivity index (χ3n) is 2.14. The summed E-state index contributed by atoms with van der Waals surface area (Å²) in [6, 6.07) is 8.13. The number of benzene rings is 1. The molecule has 2 heteroatoms. The van der Waals surface area contributed by atoms with Crippen LogP contribution in [0, 0.1) is 6.42 Å². The molecule has 2 rings (SSSR count). The van der Waals surface area contributed by atoms with Crippen molar-refractivity contribution in [2.24, 2.45) is 0 Å². The van der Waals surface area contributed by atoms with Crippen LogP contribution in [-0.4, -0.2) is 19.3 Å². The minimum absolute atomic E-state index is 0.326. The molecule has 0 amide bonds. The van der Waals surface area contributed by atoms with Gasteiger partial charge in [0.05, 0.1) is 6.61 Å². The van der Waals surface area contributed by atoms with E-state index in [1.54, 1.807) is 0 Å². The van der Waals surface area contributed by atoms with Crippen LogP contribution in [0.25, 0.3) is 0 Å². The average Bonchev–Trinajstić information content (AvgIpc) is 3.01. The molecule has 1 heterocycles. The van der Waals surface area contributed by atoms with Crippen molar-refractivity contribution in [2.45, 2.75) is 19.4 Å². The second-order valence-corrected chi connectivity index (χ2v) is 3.44. The molecule has 1 aromatic rings. The highest BCUT2D eigenvalue weighted by Gasteiger charge is 2.22. The zero-order valence-corrected chi connectivity index (χ0v) is 8.32.